The molecule has 60 heavy (non-hydrogen) atoms. The summed E-state index contributed by atoms with van der Waals surface area (Å²) in [5.74, 6) is -9.99. The maximum atomic E-state index is 13.9. The van der Waals surface area contributed by atoms with Gasteiger partial charge in [-0.05, 0) is 96.7 Å². The van der Waals surface area contributed by atoms with Gasteiger partial charge in [-0.25, -0.2) is 0 Å². The van der Waals surface area contributed by atoms with Gasteiger partial charge in [0, 0.05) is 6.92 Å². The number of carboxylic acids is 2. The van der Waals surface area contributed by atoms with Crippen LogP contribution in [0, 0.1) is 5.92 Å². The molecular weight excluding hydrogens is 790 g/mol. The molecule has 0 aliphatic heterocycles. The summed E-state index contributed by atoms with van der Waals surface area (Å²) in [6, 6.07) is -9.60. The van der Waals surface area contributed by atoms with Crippen molar-refractivity contribution in [3.63, 3.8) is 0 Å². The van der Waals surface area contributed by atoms with E-state index in [1.54, 1.807) is 13.8 Å². The number of hydrogen-bond donors (Lipinski definition) is 13. The summed E-state index contributed by atoms with van der Waals surface area (Å²) >= 11 is 0. The second-order valence-corrected chi connectivity index (χ2v) is 14.9. The number of aliphatic carboxylic acids is 2. The minimum absolute atomic E-state index is 0.0216. The molecular formula is C37H67N11O12. The van der Waals surface area contributed by atoms with Crippen LogP contribution in [0.3, 0.4) is 0 Å². The molecule has 0 aromatic rings. The third-order valence-corrected chi connectivity index (χ3v) is 8.95. The van der Waals surface area contributed by atoms with Crippen LogP contribution < -0.4 is 60.2 Å². The summed E-state index contributed by atoms with van der Waals surface area (Å²) in [6.45, 7) is 6.68. The summed E-state index contributed by atoms with van der Waals surface area (Å²) in [4.78, 5) is 127. The van der Waals surface area contributed by atoms with Crippen molar-refractivity contribution in [2.45, 2.75) is 147 Å². The van der Waals surface area contributed by atoms with E-state index in [0.29, 0.717) is 38.5 Å². The van der Waals surface area contributed by atoms with Crippen molar-refractivity contribution in [3.05, 3.63) is 0 Å². The van der Waals surface area contributed by atoms with Gasteiger partial charge in [0.2, 0.25) is 47.3 Å². The number of hydrogen-bond acceptors (Lipinski definition) is 13. The van der Waals surface area contributed by atoms with Gasteiger partial charge in [-0.3, -0.25) is 47.9 Å². The number of rotatable bonds is 32. The van der Waals surface area contributed by atoms with Gasteiger partial charge in [-0.2, -0.15) is 0 Å². The van der Waals surface area contributed by atoms with Crippen molar-refractivity contribution >= 4 is 59.2 Å². The van der Waals surface area contributed by atoms with E-state index < -0.39 is 114 Å². The highest BCUT2D eigenvalue weighted by Gasteiger charge is 2.34. The van der Waals surface area contributed by atoms with E-state index in [4.69, 9.17) is 22.9 Å². The highest BCUT2D eigenvalue weighted by Crippen LogP contribution is 2.11. The summed E-state index contributed by atoms with van der Waals surface area (Å²) < 4.78 is 0. The maximum Gasteiger partial charge on any atom is 0.305 e. The van der Waals surface area contributed by atoms with Crippen LogP contribution in [-0.2, 0) is 47.9 Å². The highest BCUT2D eigenvalue weighted by molar-refractivity contribution is 5.98. The van der Waals surface area contributed by atoms with Crippen LogP contribution >= 0.6 is 0 Å². The quantitative estimate of drug-likeness (QED) is 0.0290. The first-order chi connectivity index (χ1) is 28.2. The van der Waals surface area contributed by atoms with E-state index >= 15 is 0 Å². The van der Waals surface area contributed by atoms with E-state index in [2.05, 4.69) is 37.2 Å². The lowest BCUT2D eigenvalue weighted by molar-refractivity contribution is -0.141. The zero-order valence-corrected chi connectivity index (χ0v) is 35.0. The fourth-order valence-electron chi connectivity index (χ4n) is 5.75. The molecule has 7 atom stereocenters. The molecule has 8 amide bonds. The lowest BCUT2D eigenvalue weighted by Crippen LogP contribution is -2.60. The van der Waals surface area contributed by atoms with Gasteiger partial charge in [0.05, 0.1) is 12.8 Å². The van der Waals surface area contributed by atoms with Crippen LogP contribution in [0.5, 0.6) is 0 Å². The molecule has 17 N–H and O–H groups in total. The van der Waals surface area contributed by atoms with Gasteiger partial charge < -0.3 is 70.4 Å². The Kier molecular flexibility index (Phi) is 27.0. The Bertz CT molecular complexity index is 1450. The van der Waals surface area contributed by atoms with Crippen LogP contribution in [0.1, 0.15) is 105 Å². The predicted octanol–water partition coefficient (Wildman–Crippen LogP) is -3.71. The van der Waals surface area contributed by atoms with Crippen molar-refractivity contribution in [1.82, 2.24) is 37.2 Å². The predicted molar refractivity (Wildman–Crippen MR) is 217 cm³/mol. The first-order valence-electron chi connectivity index (χ1n) is 20.1. The SMILES string of the molecule is CC(=O)N[C@@H](CC(=O)O)C(=O)N[C@@H](CC(C)C)C(=O)N[C@@H](CCCCN)C(=O)N[C@@H](CCCCN)C(=O)N[C@@H](CC(=O)O)C(=O)N[C@@H](CCCCN)C(=O)N[C@@H](C)C(N)=O. The molecule has 0 heterocycles. The molecule has 0 aliphatic rings. The van der Waals surface area contributed by atoms with E-state index in [1.165, 1.54) is 6.92 Å². The Labute approximate surface area is 349 Å². The number of nitrogens with two attached hydrogens (primary N) is 4. The van der Waals surface area contributed by atoms with Crippen LogP contribution in [0.4, 0.5) is 0 Å². The normalized spacial score (nSPS) is 14.5. The van der Waals surface area contributed by atoms with Crippen molar-refractivity contribution in [3.8, 4) is 0 Å². The Morgan fingerprint density at radius 2 is 0.750 bits per heavy atom. The Balaban J connectivity index is 6.52. The Morgan fingerprint density at radius 1 is 0.450 bits per heavy atom. The molecule has 342 valence electrons. The zero-order valence-electron chi connectivity index (χ0n) is 35.0. The number of carbonyl (C=O) groups is 10. The molecule has 0 aromatic carbocycles. The highest BCUT2D eigenvalue weighted by atomic mass is 16.4. The number of carbonyl (C=O) groups excluding carboxylic acids is 8. The zero-order chi connectivity index (χ0) is 45.9. The van der Waals surface area contributed by atoms with Gasteiger partial charge >= 0.3 is 11.9 Å². The number of carboxylic acid groups (broad SMARTS) is 2. The molecule has 23 nitrogen and oxygen atoms in total. The summed E-state index contributed by atoms with van der Waals surface area (Å²) in [5.41, 5.74) is 22.1. The molecule has 23 heteroatoms. The molecule has 0 spiro atoms. The number of nitrogens with one attached hydrogen (secondary N) is 7. The fraction of sp³-hybridized carbons (Fsp3) is 0.730. The van der Waals surface area contributed by atoms with Gasteiger partial charge in [0.25, 0.3) is 0 Å². The van der Waals surface area contributed by atoms with Crippen molar-refractivity contribution in [2.75, 3.05) is 19.6 Å². The molecule has 0 radical (unpaired) electrons. The van der Waals surface area contributed by atoms with Crippen molar-refractivity contribution < 1.29 is 58.2 Å². The number of unbranched alkanes of at least 4 members (excludes halogenated alkanes) is 3. The summed E-state index contributed by atoms with van der Waals surface area (Å²) in [5, 5.41) is 35.9. The standard InChI is InChI=1S/C37H67N11O12/c1-20(2)17-26(47-36(59)27(18-29(50)51)43-22(4)49)35(58)46-24(12-6-9-15-39)33(56)44-25(13-7-10-16-40)34(57)48-28(19-30(52)53)37(60)45-23(11-5-8-14-38)32(55)42-21(3)31(41)54/h20-21,23-28H,5-19,38-40H2,1-4H3,(H2,41,54)(H,42,55)(H,43,49)(H,44,56)(H,45,60)(H,46,58)(H,47,59)(H,48,57)(H,50,51)(H,52,53)/t21-,23-,24-,25-,26-,27-,28-/m0/s1. The monoisotopic (exact) mass is 857 g/mol. The topological polar surface area (TPSA) is 399 Å². The van der Waals surface area contributed by atoms with E-state index in [1.807, 2.05) is 0 Å². The average Bonchev–Trinajstić information content (AvgIpc) is 3.14. The smallest absolute Gasteiger partial charge is 0.305 e. The van der Waals surface area contributed by atoms with Gasteiger partial charge in [0.15, 0.2) is 0 Å². The molecule has 0 bridgehead atoms. The lowest BCUT2D eigenvalue weighted by atomic mass is 10.0. The first-order valence-corrected chi connectivity index (χ1v) is 20.1. The molecule has 0 aliphatic carbocycles. The molecule has 0 fully saturated rings. The van der Waals surface area contributed by atoms with Crippen molar-refractivity contribution in [1.29, 1.82) is 0 Å². The minimum Gasteiger partial charge on any atom is -0.481 e. The number of amides is 8. The second kappa shape index (κ2) is 29.7. The maximum absolute atomic E-state index is 13.9. The van der Waals surface area contributed by atoms with Crippen LogP contribution in [0.25, 0.3) is 0 Å². The van der Waals surface area contributed by atoms with E-state index in [-0.39, 0.29) is 51.2 Å². The molecule has 0 saturated heterocycles. The second-order valence-electron chi connectivity index (χ2n) is 14.9. The summed E-state index contributed by atoms with van der Waals surface area (Å²) in [6.07, 6.45) is 0.706. The van der Waals surface area contributed by atoms with Crippen LogP contribution in [-0.4, -0.2) is 131 Å². The third kappa shape index (κ3) is 23.2. The van der Waals surface area contributed by atoms with Crippen LogP contribution in [0.2, 0.25) is 0 Å². The Hall–Kier alpha value is -5.42. The average molecular weight is 858 g/mol. The van der Waals surface area contributed by atoms with Gasteiger partial charge in [-0.15, -0.1) is 0 Å². The lowest BCUT2D eigenvalue weighted by Gasteiger charge is -2.28. The van der Waals surface area contributed by atoms with Crippen molar-refractivity contribution in [2.24, 2.45) is 28.9 Å². The molecule has 0 saturated carbocycles. The minimum atomic E-state index is -1.75. The Morgan fingerprint density at radius 3 is 1.07 bits per heavy atom. The van der Waals surface area contributed by atoms with E-state index in [9.17, 15) is 58.2 Å². The van der Waals surface area contributed by atoms with Gasteiger partial charge in [0.1, 0.15) is 42.3 Å². The summed E-state index contributed by atoms with van der Waals surface area (Å²) in [7, 11) is 0. The van der Waals surface area contributed by atoms with E-state index in [0.717, 1.165) is 6.92 Å². The largest absolute Gasteiger partial charge is 0.481 e. The molecule has 0 unspecified atom stereocenters. The molecule has 0 rings (SSSR count). The fourth-order valence-corrected chi connectivity index (χ4v) is 5.75. The number of primary amides is 1. The first kappa shape index (κ1) is 54.6. The molecule has 0 aromatic heterocycles. The third-order valence-electron chi connectivity index (χ3n) is 8.95. The van der Waals surface area contributed by atoms with Gasteiger partial charge in [-0.1, -0.05) is 13.8 Å². The van der Waals surface area contributed by atoms with Crippen LogP contribution in [0.15, 0.2) is 0 Å².